The molecule has 0 aliphatic heterocycles. The van der Waals surface area contributed by atoms with Crippen LogP contribution in [0.1, 0.15) is 23.1 Å². The van der Waals surface area contributed by atoms with E-state index in [1.54, 1.807) is 0 Å². The molecule has 13 heavy (non-hydrogen) atoms. The van der Waals surface area contributed by atoms with Crippen LogP contribution >= 0.6 is 0 Å². The van der Waals surface area contributed by atoms with Crippen molar-refractivity contribution in [2.24, 2.45) is 5.73 Å². The van der Waals surface area contributed by atoms with Gasteiger partial charge in [-0.25, -0.2) is 0 Å². The summed E-state index contributed by atoms with van der Waals surface area (Å²) in [5, 5.41) is 0. The number of hydrogen-bond acceptors (Lipinski definition) is 1. The van der Waals surface area contributed by atoms with Crippen LogP contribution in [0.3, 0.4) is 0 Å². The fourth-order valence-corrected chi connectivity index (χ4v) is 1.81. The highest BCUT2D eigenvalue weighted by Gasteiger charge is 2.04. The van der Waals surface area contributed by atoms with Crippen molar-refractivity contribution >= 4 is 6.08 Å². The Morgan fingerprint density at radius 1 is 1.31 bits per heavy atom. The summed E-state index contributed by atoms with van der Waals surface area (Å²) in [6, 6.07) is 6.68. The molecule has 68 valence electrons. The van der Waals surface area contributed by atoms with Gasteiger partial charge in [-0.1, -0.05) is 30.4 Å². The number of fused-ring (bicyclic) bond motifs is 1. The zero-order chi connectivity index (χ0) is 9.10. The summed E-state index contributed by atoms with van der Waals surface area (Å²) >= 11 is 0. The predicted octanol–water partition coefficient (Wildman–Crippen LogP) is 2.15. The van der Waals surface area contributed by atoms with E-state index in [9.17, 15) is 0 Å². The van der Waals surface area contributed by atoms with Crippen LogP contribution in [0.2, 0.25) is 0 Å². The first-order chi connectivity index (χ1) is 6.40. The second kappa shape index (κ2) is 3.75. The molecule has 2 N–H and O–H groups in total. The van der Waals surface area contributed by atoms with Gasteiger partial charge >= 0.3 is 0 Å². The van der Waals surface area contributed by atoms with Gasteiger partial charge in [0.1, 0.15) is 0 Å². The van der Waals surface area contributed by atoms with Crippen LogP contribution in [-0.4, -0.2) is 6.54 Å². The van der Waals surface area contributed by atoms with E-state index >= 15 is 0 Å². The number of hydrogen-bond donors (Lipinski definition) is 1. The second-order valence-corrected chi connectivity index (χ2v) is 3.51. The third kappa shape index (κ3) is 1.81. The van der Waals surface area contributed by atoms with Gasteiger partial charge in [0.25, 0.3) is 0 Å². The Labute approximate surface area is 79.3 Å². The minimum absolute atomic E-state index is 0.745. The van der Waals surface area contributed by atoms with Crippen molar-refractivity contribution in [2.75, 3.05) is 6.54 Å². The summed E-state index contributed by atoms with van der Waals surface area (Å²) in [5.41, 5.74) is 9.76. The first-order valence-electron chi connectivity index (χ1n) is 4.88. The Hall–Kier alpha value is -1.08. The van der Waals surface area contributed by atoms with E-state index in [-0.39, 0.29) is 0 Å². The van der Waals surface area contributed by atoms with Crippen molar-refractivity contribution in [1.29, 1.82) is 0 Å². The Bertz CT molecular complexity index is 326. The molecule has 0 atom stereocenters. The number of allylic oxidation sites excluding steroid dienone is 1. The SMILES string of the molecule is NCCc1ccc2c(c1)CCC=C2. The first kappa shape index (κ1) is 8.52. The van der Waals surface area contributed by atoms with Gasteiger partial charge < -0.3 is 5.73 Å². The maximum atomic E-state index is 5.52. The molecule has 1 nitrogen and oxygen atoms in total. The van der Waals surface area contributed by atoms with Crippen molar-refractivity contribution < 1.29 is 0 Å². The molecule has 1 aliphatic carbocycles. The van der Waals surface area contributed by atoms with E-state index in [0.717, 1.165) is 13.0 Å². The van der Waals surface area contributed by atoms with Gasteiger partial charge in [0.15, 0.2) is 0 Å². The lowest BCUT2D eigenvalue weighted by atomic mass is 9.95. The summed E-state index contributed by atoms with van der Waals surface area (Å²) in [6.07, 6.45) is 7.82. The molecule has 1 aromatic carbocycles. The summed E-state index contributed by atoms with van der Waals surface area (Å²) in [4.78, 5) is 0. The quantitative estimate of drug-likeness (QED) is 0.728. The highest BCUT2D eigenvalue weighted by atomic mass is 14.5. The molecule has 0 saturated heterocycles. The molecule has 0 amide bonds. The van der Waals surface area contributed by atoms with Crippen LogP contribution in [0.4, 0.5) is 0 Å². The van der Waals surface area contributed by atoms with Gasteiger partial charge in [-0.3, -0.25) is 0 Å². The maximum absolute atomic E-state index is 5.52. The average molecular weight is 173 g/mol. The van der Waals surface area contributed by atoms with Crippen molar-refractivity contribution in [3.8, 4) is 0 Å². The summed E-state index contributed by atoms with van der Waals surface area (Å²) in [5.74, 6) is 0. The van der Waals surface area contributed by atoms with Crippen LogP contribution in [0.15, 0.2) is 24.3 Å². The molecule has 1 heteroatoms. The van der Waals surface area contributed by atoms with Crippen LogP contribution < -0.4 is 5.73 Å². The minimum Gasteiger partial charge on any atom is -0.330 e. The monoisotopic (exact) mass is 173 g/mol. The van der Waals surface area contributed by atoms with E-state index < -0.39 is 0 Å². The lowest BCUT2D eigenvalue weighted by molar-refractivity contribution is 0.943. The molecule has 1 aromatic rings. The average Bonchev–Trinajstić information content (AvgIpc) is 2.18. The molecular formula is C12H15N. The number of benzene rings is 1. The van der Waals surface area contributed by atoms with Crippen LogP contribution in [-0.2, 0) is 12.8 Å². The maximum Gasteiger partial charge on any atom is -0.00367 e. The molecule has 0 aromatic heterocycles. The topological polar surface area (TPSA) is 26.0 Å². The third-order valence-electron chi connectivity index (χ3n) is 2.52. The highest BCUT2D eigenvalue weighted by Crippen LogP contribution is 2.20. The lowest BCUT2D eigenvalue weighted by Gasteiger charge is -2.11. The molecule has 0 bridgehead atoms. The van der Waals surface area contributed by atoms with Gasteiger partial charge in [0.2, 0.25) is 0 Å². The lowest BCUT2D eigenvalue weighted by Crippen LogP contribution is -2.04. The molecule has 0 unspecified atom stereocenters. The zero-order valence-electron chi connectivity index (χ0n) is 7.79. The second-order valence-electron chi connectivity index (χ2n) is 3.51. The predicted molar refractivity (Wildman–Crippen MR) is 56.6 cm³/mol. The van der Waals surface area contributed by atoms with E-state index in [1.807, 2.05) is 0 Å². The molecular weight excluding hydrogens is 158 g/mol. The summed E-state index contributed by atoms with van der Waals surface area (Å²) in [6.45, 7) is 0.745. The number of nitrogens with two attached hydrogens (primary N) is 1. The fourth-order valence-electron chi connectivity index (χ4n) is 1.81. The molecule has 0 radical (unpaired) electrons. The highest BCUT2D eigenvalue weighted by molar-refractivity contribution is 5.56. The minimum atomic E-state index is 0.745. The van der Waals surface area contributed by atoms with Crippen molar-refractivity contribution in [3.05, 3.63) is 41.0 Å². The molecule has 0 fully saturated rings. The number of rotatable bonds is 2. The van der Waals surface area contributed by atoms with E-state index in [4.69, 9.17) is 5.73 Å². The number of aryl methyl sites for hydroxylation is 1. The molecule has 0 heterocycles. The molecule has 0 saturated carbocycles. The van der Waals surface area contributed by atoms with Crippen LogP contribution in [0.5, 0.6) is 0 Å². The van der Waals surface area contributed by atoms with Crippen LogP contribution in [0, 0.1) is 0 Å². The zero-order valence-corrected chi connectivity index (χ0v) is 7.79. The van der Waals surface area contributed by atoms with Crippen molar-refractivity contribution in [1.82, 2.24) is 0 Å². The fraction of sp³-hybridized carbons (Fsp3) is 0.333. The Balaban J connectivity index is 2.31. The Kier molecular flexibility index (Phi) is 2.46. The standard InChI is InChI=1S/C12H15N/c13-8-7-10-5-6-11-3-1-2-4-12(11)9-10/h1,3,5-6,9H,2,4,7-8,13H2. The summed E-state index contributed by atoms with van der Waals surface area (Å²) in [7, 11) is 0. The normalized spacial score (nSPS) is 14.2. The first-order valence-corrected chi connectivity index (χ1v) is 4.88. The van der Waals surface area contributed by atoms with E-state index in [1.165, 1.54) is 29.5 Å². The van der Waals surface area contributed by atoms with Gasteiger partial charge in [0, 0.05) is 0 Å². The molecule has 1 aliphatic rings. The Morgan fingerprint density at radius 3 is 3.08 bits per heavy atom. The van der Waals surface area contributed by atoms with Crippen molar-refractivity contribution in [2.45, 2.75) is 19.3 Å². The van der Waals surface area contributed by atoms with Gasteiger partial charge in [-0.15, -0.1) is 0 Å². The van der Waals surface area contributed by atoms with E-state index in [2.05, 4.69) is 30.4 Å². The van der Waals surface area contributed by atoms with Crippen LogP contribution in [0.25, 0.3) is 6.08 Å². The van der Waals surface area contributed by atoms with Gasteiger partial charge in [0.05, 0.1) is 0 Å². The smallest absolute Gasteiger partial charge is 0.00367 e. The van der Waals surface area contributed by atoms with Gasteiger partial charge in [-0.05, 0) is 42.5 Å². The largest absolute Gasteiger partial charge is 0.330 e. The molecule has 2 rings (SSSR count). The summed E-state index contributed by atoms with van der Waals surface area (Å²) < 4.78 is 0. The Morgan fingerprint density at radius 2 is 2.23 bits per heavy atom. The van der Waals surface area contributed by atoms with E-state index in [0.29, 0.717) is 0 Å². The van der Waals surface area contributed by atoms with Crippen molar-refractivity contribution in [3.63, 3.8) is 0 Å². The van der Waals surface area contributed by atoms with Gasteiger partial charge in [-0.2, -0.15) is 0 Å². The molecule has 0 spiro atoms. The third-order valence-corrected chi connectivity index (χ3v) is 2.52.